The van der Waals surface area contributed by atoms with Crippen molar-refractivity contribution < 1.29 is 14.0 Å². The summed E-state index contributed by atoms with van der Waals surface area (Å²) in [4.78, 5) is 15.2. The lowest BCUT2D eigenvalue weighted by Gasteiger charge is -2.52. The Kier molecular flexibility index (Phi) is 7.51. The average molecular weight is 454 g/mol. The largest absolute Gasteiger partial charge is 0.497 e. The molecule has 0 aromatic heterocycles. The number of rotatable bonds is 9. The van der Waals surface area contributed by atoms with E-state index in [1.165, 1.54) is 5.56 Å². The normalized spacial score (nSPS) is 20.1. The highest BCUT2D eigenvalue weighted by Crippen LogP contribution is 2.42. The number of nitrogens with zero attached hydrogens (tertiary/aromatic N) is 1. The summed E-state index contributed by atoms with van der Waals surface area (Å²) in [6.45, 7) is 13.5. The number of aryl methyl sites for hydroxylation is 1. The molecule has 1 saturated heterocycles. The molecule has 0 aliphatic carbocycles. The number of amides is 1. The summed E-state index contributed by atoms with van der Waals surface area (Å²) in [5.74, 6) is 1.00. The Bertz CT molecular complexity index is 889. The van der Waals surface area contributed by atoms with Gasteiger partial charge in [-0.15, -0.1) is 0 Å². The zero-order chi connectivity index (χ0) is 23.5. The third-order valence-electron chi connectivity index (χ3n) is 7.21. The van der Waals surface area contributed by atoms with Crippen LogP contribution in [0.15, 0.2) is 54.6 Å². The van der Waals surface area contributed by atoms with Crippen molar-refractivity contribution in [2.45, 2.75) is 77.2 Å². The van der Waals surface area contributed by atoms with E-state index in [1.54, 1.807) is 7.11 Å². The van der Waals surface area contributed by atoms with Crippen LogP contribution in [0.4, 0.5) is 5.69 Å². The van der Waals surface area contributed by atoms with Crippen molar-refractivity contribution in [1.82, 2.24) is 0 Å². The monoisotopic (exact) mass is 453 g/mol. The molecule has 4 nitrogen and oxygen atoms in total. The first-order valence-electron chi connectivity index (χ1n) is 11.7. The Morgan fingerprint density at radius 1 is 1.03 bits per heavy atom. The van der Waals surface area contributed by atoms with Crippen molar-refractivity contribution in [3.05, 3.63) is 60.2 Å². The number of anilines is 1. The minimum atomic E-state index is -1.95. The molecule has 1 heterocycles. The molecule has 174 valence electrons. The molecular weight excluding hydrogens is 414 g/mol. The van der Waals surface area contributed by atoms with E-state index in [-0.39, 0.29) is 29.0 Å². The number of hydrogen-bond acceptors (Lipinski definition) is 3. The van der Waals surface area contributed by atoms with Gasteiger partial charge in [0.1, 0.15) is 5.75 Å². The highest BCUT2D eigenvalue weighted by atomic mass is 28.4. The molecule has 0 unspecified atom stereocenters. The fourth-order valence-electron chi connectivity index (χ4n) is 4.32. The topological polar surface area (TPSA) is 38.8 Å². The predicted molar refractivity (Wildman–Crippen MR) is 135 cm³/mol. The Hall–Kier alpha value is -2.11. The minimum absolute atomic E-state index is 0.000539. The molecule has 0 bridgehead atoms. The van der Waals surface area contributed by atoms with Crippen LogP contribution in [0.5, 0.6) is 5.75 Å². The van der Waals surface area contributed by atoms with Gasteiger partial charge in [0, 0.05) is 5.69 Å². The summed E-state index contributed by atoms with van der Waals surface area (Å²) < 4.78 is 12.1. The fourth-order valence-corrected chi connectivity index (χ4v) is 5.75. The summed E-state index contributed by atoms with van der Waals surface area (Å²) in [7, 11) is -0.295. The molecule has 32 heavy (non-hydrogen) atoms. The van der Waals surface area contributed by atoms with E-state index in [0.717, 1.165) is 30.7 Å². The smallest absolute Gasteiger partial charge is 0.232 e. The number of methoxy groups -OCH3 is 1. The first-order valence-corrected chi connectivity index (χ1v) is 14.6. The van der Waals surface area contributed by atoms with Gasteiger partial charge < -0.3 is 14.1 Å². The van der Waals surface area contributed by atoms with E-state index in [9.17, 15) is 4.79 Å². The first kappa shape index (κ1) is 24.5. The van der Waals surface area contributed by atoms with E-state index >= 15 is 0 Å². The number of carbonyl (C=O) groups excluding carboxylic acids is 1. The number of hydrogen-bond donors (Lipinski definition) is 0. The second kappa shape index (κ2) is 9.80. The van der Waals surface area contributed by atoms with Crippen molar-refractivity contribution >= 4 is 19.9 Å². The second-order valence-corrected chi connectivity index (χ2v) is 15.2. The van der Waals surface area contributed by atoms with Crippen LogP contribution in [-0.4, -0.2) is 33.5 Å². The van der Waals surface area contributed by atoms with Crippen molar-refractivity contribution in [2.24, 2.45) is 5.92 Å². The summed E-state index contributed by atoms with van der Waals surface area (Å²) >= 11 is 0. The lowest BCUT2D eigenvalue weighted by atomic mass is 9.79. The molecule has 1 fully saturated rings. The molecule has 1 aliphatic rings. The third-order valence-corrected chi connectivity index (χ3v) is 11.8. The van der Waals surface area contributed by atoms with Gasteiger partial charge in [-0.05, 0) is 74.1 Å². The van der Waals surface area contributed by atoms with Crippen molar-refractivity contribution in [1.29, 1.82) is 0 Å². The molecule has 2 aromatic rings. The van der Waals surface area contributed by atoms with E-state index < -0.39 is 8.32 Å². The van der Waals surface area contributed by atoms with Crippen molar-refractivity contribution in [3.63, 3.8) is 0 Å². The predicted octanol–water partition coefficient (Wildman–Crippen LogP) is 6.46. The van der Waals surface area contributed by atoms with Gasteiger partial charge >= 0.3 is 0 Å². The zero-order valence-corrected chi connectivity index (χ0v) is 21.7. The van der Waals surface area contributed by atoms with Gasteiger partial charge in [-0.2, -0.15) is 0 Å². The Balaban J connectivity index is 1.77. The molecule has 2 aromatic carbocycles. The van der Waals surface area contributed by atoms with Gasteiger partial charge in [0.15, 0.2) is 8.32 Å². The maximum atomic E-state index is 13.3. The van der Waals surface area contributed by atoms with E-state index in [0.29, 0.717) is 0 Å². The molecular formula is C27H39NO3Si. The van der Waals surface area contributed by atoms with Gasteiger partial charge in [0.2, 0.25) is 5.91 Å². The minimum Gasteiger partial charge on any atom is -0.497 e. The molecule has 0 N–H and O–H groups in total. The van der Waals surface area contributed by atoms with Crippen LogP contribution in [0.1, 0.15) is 46.1 Å². The number of β-lactam (4-membered cyclic amide) rings is 1. The summed E-state index contributed by atoms with van der Waals surface area (Å²) in [6, 6.07) is 18.4. The molecule has 5 heteroatoms. The standard InChI is InChI=1S/C27H39NO3Si/c1-20(31-32(6,7)27(2,3)4)25-24(15-11-14-21-12-9-8-10-13-21)26(29)28(25)22-16-18-23(30-5)19-17-22/h8-10,12-13,16-20,24-25H,11,14-15H2,1-7H3/t20-,24-,25+/m0/s1. The summed E-state index contributed by atoms with van der Waals surface area (Å²) in [5.41, 5.74) is 2.25. The van der Waals surface area contributed by atoms with Crippen molar-refractivity contribution in [2.75, 3.05) is 12.0 Å². The van der Waals surface area contributed by atoms with Crippen LogP contribution in [-0.2, 0) is 15.6 Å². The molecule has 1 amide bonds. The number of carbonyl (C=O) groups is 1. The maximum absolute atomic E-state index is 13.3. The molecule has 0 saturated carbocycles. The quantitative estimate of drug-likeness (QED) is 0.323. The van der Waals surface area contributed by atoms with Crippen LogP contribution < -0.4 is 9.64 Å². The average Bonchev–Trinajstić information content (AvgIpc) is 2.74. The molecule has 3 atom stereocenters. The van der Waals surface area contributed by atoms with Crippen molar-refractivity contribution in [3.8, 4) is 5.75 Å². The highest BCUT2D eigenvalue weighted by molar-refractivity contribution is 6.74. The lowest BCUT2D eigenvalue weighted by Crippen LogP contribution is -2.67. The molecule has 0 radical (unpaired) electrons. The zero-order valence-electron chi connectivity index (χ0n) is 20.7. The fraction of sp³-hybridized carbons (Fsp3) is 0.519. The lowest BCUT2D eigenvalue weighted by molar-refractivity contribution is -0.133. The summed E-state index contributed by atoms with van der Waals surface area (Å²) in [5, 5.41) is 0.128. The first-order chi connectivity index (χ1) is 15.0. The highest BCUT2D eigenvalue weighted by Gasteiger charge is 2.52. The van der Waals surface area contributed by atoms with E-state index in [1.807, 2.05) is 35.2 Å². The third kappa shape index (κ3) is 5.26. The maximum Gasteiger partial charge on any atom is 0.232 e. The Labute approximate surface area is 195 Å². The van der Waals surface area contributed by atoms with E-state index in [2.05, 4.69) is 65.1 Å². The Morgan fingerprint density at radius 3 is 2.22 bits per heavy atom. The van der Waals surface area contributed by atoms with Gasteiger partial charge in [0.05, 0.1) is 25.2 Å². The van der Waals surface area contributed by atoms with Gasteiger partial charge in [-0.3, -0.25) is 4.79 Å². The molecule has 3 rings (SSSR count). The number of ether oxygens (including phenoxy) is 1. The van der Waals surface area contributed by atoms with Gasteiger partial charge in [-0.1, -0.05) is 51.1 Å². The Morgan fingerprint density at radius 2 is 1.66 bits per heavy atom. The van der Waals surface area contributed by atoms with Gasteiger partial charge in [-0.25, -0.2) is 0 Å². The second-order valence-electron chi connectivity index (χ2n) is 10.5. The molecule has 0 spiro atoms. The summed E-state index contributed by atoms with van der Waals surface area (Å²) in [6.07, 6.45) is 2.87. The molecule has 1 aliphatic heterocycles. The van der Waals surface area contributed by atoms with Crippen LogP contribution in [0.3, 0.4) is 0 Å². The van der Waals surface area contributed by atoms with Crippen LogP contribution in [0, 0.1) is 5.92 Å². The van der Waals surface area contributed by atoms with Crippen LogP contribution in [0.2, 0.25) is 18.1 Å². The SMILES string of the molecule is COc1ccc(N2C(=O)[C@@H](CCCc3ccccc3)[C@H]2[C@H](C)O[Si](C)(C)C(C)(C)C)cc1. The van der Waals surface area contributed by atoms with Gasteiger partial charge in [0.25, 0.3) is 0 Å². The van der Waals surface area contributed by atoms with Crippen LogP contribution >= 0.6 is 0 Å². The van der Waals surface area contributed by atoms with E-state index in [4.69, 9.17) is 9.16 Å². The van der Waals surface area contributed by atoms with Crippen LogP contribution in [0.25, 0.3) is 0 Å². The number of benzene rings is 2.